The number of carboxylic acid groups (broad SMARTS) is 1. The maximum absolute atomic E-state index is 14.1. The summed E-state index contributed by atoms with van der Waals surface area (Å²) in [4.78, 5) is 44.3. The van der Waals surface area contributed by atoms with Gasteiger partial charge in [0, 0.05) is 27.7 Å². The minimum absolute atomic E-state index is 0.0503. The van der Waals surface area contributed by atoms with Crippen molar-refractivity contribution in [2.45, 2.75) is 56.7 Å². The highest BCUT2D eigenvalue weighted by Crippen LogP contribution is 2.48. The highest BCUT2D eigenvalue weighted by molar-refractivity contribution is 6.47. The average Bonchev–Trinajstić information content (AvgIpc) is 3.24. The molecule has 1 heterocycles. The summed E-state index contributed by atoms with van der Waals surface area (Å²) in [7, 11) is 0. The summed E-state index contributed by atoms with van der Waals surface area (Å²) in [5, 5.41) is 12.3. The van der Waals surface area contributed by atoms with E-state index in [0.29, 0.717) is 45.6 Å². The van der Waals surface area contributed by atoms with Gasteiger partial charge in [-0.3, -0.25) is 19.4 Å². The summed E-state index contributed by atoms with van der Waals surface area (Å²) < 4.78 is 0. The molecule has 1 fully saturated rings. The number of benzene rings is 3. The summed E-state index contributed by atoms with van der Waals surface area (Å²) in [5.74, 6) is -1.10. The van der Waals surface area contributed by atoms with Crippen LogP contribution in [0.1, 0.15) is 78.0 Å². The Balaban J connectivity index is 1.43. The zero-order valence-corrected chi connectivity index (χ0v) is 24.2. The normalized spacial score (nSPS) is 21.0. The maximum atomic E-state index is 14.1. The van der Waals surface area contributed by atoms with Crippen molar-refractivity contribution in [3.63, 3.8) is 0 Å². The number of aliphatic carboxylic acids is 1. The van der Waals surface area contributed by atoms with Crippen molar-refractivity contribution < 1.29 is 19.5 Å². The lowest BCUT2D eigenvalue weighted by molar-refractivity contribution is -0.137. The summed E-state index contributed by atoms with van der Waals surface area (Å²) in [6.07, 6.45) is 3.06. The van der Waals surface area contributed by atoms with Gasteiger partial charge in [0.15, 0.2) is 0 Å². The Labute approximate surface area is 249 Å². The molecule has 212 valence electrons. The molecule has 3 aromatic carbocycles. The summed E-state index contributed by atoms with van der Waals surface area (Å²) in [6.45, 7) is 2.03. The van der Waals surface area contributed by atoms with Crippen LogP contribution in [0.15, 0.2) is 77.8 Å². The third kappa shape index (κ3) is 6.16. The van der Waals surface area contributed by atoms with E-state index >= 15 is 0 Å². The van der Waals surface area contributed by atoms with Gasteiger partial charge in [-0.05, 0) is 80.0 Å². The fraction of sp³-hybridized carbons (Fsp3) is 0.312. The van der Waals surface area contributed by atoms with Crippen LogP contribution in [0.4, 0.5) is 0 Å². The van der Waals surface area contributed by atoms with E-state index in [4.69, 9.17) is 33.3 Å². The number of nitrogens with one attached hydrogen (secondary N) is 1. The molecule has 2 amide bonds. The second-order valence-corrected chi connectivity index (χ2v) is 11.5. The molecule has 2 N–H and O–H groups in total. The second-order valence-electron chi connectivity index (χ2n) is 10.7. The Bertz CT molecular complexity index is 1460. The number of carbonyl (C=O) groups is 3. The monoisotopic (exact) mass is 591 g/mol. The molecule has 0 aromatic heterocycles. The van der Waals surface area contributed by atoms with Crippen LogP contribution in [0.2, 0.25) is 10.0 Å². The van der Waals surface area contributed by atoms with Crippen molar-refractivity contribution in [2.75, 3.05) is 6.54 Å². The molecule has 0 radical (unpaired) electrons. The minimum atomic E-state index is -0.974. The Hall–Kier alpha value is -3.68. The Kier molecular flexibility index (Phi) is 8.47. The van der Waals surface area contributed by atoms with Crippen molar-refractivity contribution >= 4 is 46.7 Å². The second kappa shape index (κ2) is 12.0. The van der Waals surface area contributed by atoms with E-state index in [1.165, 1.54) is 5.56 Å². The molecule has 9 heteroatoms. The summed E-state index contributed by atoms with van der Waals surface area (Å²) in [5.41, 5.74) is 2.83. The third-order valence-corrected chi connectivity index (χ3v) is 8.49. The van der Waals surface area contributed by atoms with E-state index in [0.717, 1.165) is 18.4 Å². The molecular weight excluding hydrogens is 561 g/mol. The molecule has 0 saturated heterocycles. The third-order valence-electron chi connectivity index (χ3n) is 8.05. The molecule has 41 heavy (non-hydrogen) atoms. The van der Waals surface area contributed by atoms with Gasteiger partial charge < -0.3 is 15.3 Å². The van der Waals surface area contributed by atoms with Crippen molar-refractivity contribution in [1.82, 2.24) is 10.2 Å². The maximum Gasteiger partial charge on any atom is 0.305 e. The largest absolute Gasteiger partial charge is 0.481 e. The van der Waals surface area contributed by atoms with E-state index in [2.05, 4.69) is 29.6 Å². The number of carboxylic acids is 1. The number of amides is 2. The number of hydrogen-bond acceptors (Lipinski definition) is 4. The van der Waals surface area contributed by atoms with Gasteiger partial charge in [0.1, 0.15) is 11.4 Å². The summed E-state index contributed by atoms with van der Waals surface area (Å²) in [6, 6.07) is 22.3. The number of halogens is 2. The highest BCUT2D eigenvalue weighted by Gasteiger charge is 2.51. The van der Waals surface area contributed by atoms with E-state index in [9.17, 15) is 14.4 Å². The number of rotatable bonds is 8. The first-order chi connectivity index (χ1) is 19.7. The molecule has 1 spiro atoms. The first-order valence-electron chi connectivity index (χ1n) is 13.7. The lowest BCUT2D eigenvalue weighted by atomic mass is 9.77. The molecule has 1 atom stereocenters. The van der Waals surface area contributed by atoms with Crippen LogP contribution in [0, 0.1) is 0 Å². The topological polar surface area (TPSA) is 99.1 Å². The van der Waals surface area contributed by atoms with Crippen LogP contribution >= 0.6 is 23.2 Å². The lowest BCUT2D eigenvalue weighted by Gasteiger charge is -2.44. The van der Waals surface area contributed by atoms with Crippen molar-refractivity contribution in [3.05, 3.63) is 105 Å². The number of carbonyl (C=O) groups excluding carboxylic acids is 2. The van der Waals surface area contributed by atoms with Gasteiger partial charge in [-0.1, -0.05) is 65.7 Å². The predicted octanol–water partition coefficient (Wildman–Crippen LogP) is 6.64. The van der Waals surface area contributed by atoms with Gasteiger partial charge in [0.05, 0.1) is 12.5 Å². The van der Waals surface area contributed by atoms with Crippen molar-refractivity contribution in [1.29, 1.82) is 0 Å². The fourth-order valence-corrected chi connectivity index (χ4v) is 6.49. The molecule has 2 aliphatic rings. The van der Waals surface area contributed by atoms with Crippen molar-refractivity contribution in [3.8, 4) is 0 Å². The molecule has 5 rings (SSSR count). The molecule has 1 saturated carbocycles. The van der Waals surface area contributed by atoms with E-state index in [1.54, 1.807) is 30.3 Å². The number of aliphatic imine (C=N–C) groups is 1. The predicted molar refractivity (Wildman–Crippen MR) is 160 cm³/mol. The van der Waals surface area contributed by atoms with Gasteiger partial charge in [-0.2, -0.15) is 0 Å². The van der Waals surface area contributed by atoms with Crippen LogP contribution in [0.3, 0.4) is 0 Å². The lowest BCUT2D eigenvalue weighted by Crippen LogP contribution is -2.50. The zero-order valence-electron chi connectivity index (χ0n) is 22.6. The molecule has 1 unspecified atom stereocenters. The zero-order chi connectivity index (χ0) is 29.1. The first kappa shape index (κ1) is 28.8. The highest BCUT2D eigenvalue weighted by atomic mass is 35.5. The van der Waals surface area contributed by atoms with Gasteiger partial charge in [-0.15, -0.1) is 0 Å². The van der Waals surface area contributed by atoms with Crippen molar-refractivity contribution in [2.24, 2.45) is 4.99 Å². The standard InChI is InChI=1S/C32H31Cl2N3O4/c1-20(21-7-9-24(10-8-21)30(40)35-16-13-28(38)39)37-31(41)29(25-17-26(33)19-27(34)18-25)36-32(37)14-11-23(12-15-32)22-5-3-2-4-6-22/h2-10,17-20,23H,11-16H2,1H3,(H,35,40)(H,38,39). The van der Waals surface area contributed by atoms with Gasteiger partial charge in [-0.25, -0.2) is 0 Å². The van der Waals surface area contributed by atoms with E-state index in [1.807, 2.05) is 30.0 Å². The molecule has 1 aliphatic carbocycles. The smallest absolute Gasteiger partial charge is 0.305 e. The number of nitrogens with zero attached hydrogens (tertiary/aromatic N) is 2. The van der Waals surface area contributed by atoms with E-state index < -0.39 is 11.6 Å². The molecule has 7 nitrogen and oxygen atoms in total. The quantitative estimate of drug-likeness (QED) is 0.306. The van der Waals surface area contributed by atoms with Crippen LogP contribution in [-0.4, -0.2) is 45.7 Å². The molecule has 3 aromatic rings. The van der Waals surface area contributed by atoms with Crippen LogP contribution in [0.5, 0.6) is 0 Å². The van der Waals surface area contributed by atoms with Gasteiger partial charge in [0.25, 0.3) is 11.8 Å². The van der Waals surface area contributed by atoms with Gasteiger partial charge >= 0.3 is 5.97 Å². The van der Waals surface area contributed by atoms with Crippen LogP contribution in [-0.2, 0) is 9.59 Å². The minimum Gasteiger partial charge on any atom is -0.481 e. The van der Waals surface area contributed by atoms with Gasteiger partial charge in [0.2, 0.25) is 0 Å². The summed E-state index contributed by atoms with van der Waals surface area (Å²) >= 11 is 12.6. The number of hydrogen-bond donors (Lipinski definition) is 2. The van der Waals surface area contributed by atoms with E-state index in [-0.39, 0.29) is 30.8 Å². The molecule has 1 aliphatic heterocycles. The average molecular weight is 593 g/mol. The molecule has 0 bridgehead atoms. The SMILES string of the molecule is CC(c1ccc(C(=O)NCCC(=O)O)cc1)N1C(=O)C(c2cc(Cl)cc(Cl)c2)=NC12CCC(c1ccccc1)CC2. The first-order valence-corrected chi connectivity index (χ1v) is 14.5. The Morgan fingerprint density at radius 1 is 1.02 bits per heavy atom. The fourth-order valence-electron chi connectivity index (χ4n) is 5.97. The Morgan fingerprint density at radius 3 is 2.27 bits per heavy atom. The van der Waals surface area contributed by atoms with Crippen LogP contribution < -0.4 is 5.32 Å². The molecular formula is C32H31Cl2N3O4. The Morgan fingerprint density at radius 2 is 1.66 bits per heavy atom. The van der Waals surface area contributed by atoms with Crippen LogP contribution in [0.25, 0.3) is 0 Å².